The minimum atomic E-state index is -0.0676. The Kier molecular flexibility index (Phi) is 8.19. The molecule has 1 aliphatic heterocycles. The number of hydrogen-bond donors (Lipinski definition) is 1. The number of carbonyl (C=O) groups is 1. The van der Waals surface area contributed by atoms with Gasteiger partial charge in [-0.2, -0.15) is 0 Å². The molecule has 0 saturated carbocycles. The molecule has 0 aliphatic carbocycles. The van der Waals surface area contributed by atoms with Gasteiger partial charge in [-0.15, -0.1) is 0 Å². The predicted molar refractivity (Wildman–Crippen MR) is 128 cm³/mol. The fourth-order valence-corrected chi connectivity index (χ4v) is 3.52. The average molecular weight is 440 g/mol. The Balaban J connectivity index is 1.51. The van der Waals surface area contributed by atoms with E-state index in [0.29, 0.717) is 12.3 Å². The smallest absolute Gasteiger partial charge is 0.259 e. The Morgan fingerprint density at radius 3 is 2.47 bits per heavy atom. The topological polar surface area (TPSA) is 69.6 Å². The van der Waals surface area contributed by atoms with E-state index < -0.39 is 0 Å². The van der Waals surface area contributed by atoms with Crippen molar-refractivity contribution in [2.45, 2.75) is 6.54 Å². The number of likely N-dealkylation sites (N-methyl/N-ethyl adjacent to an activating group) is 1. The largest absolute Gasteiger partial charge is 0.497 e. The second kappa shape index (κ2) is 11.3. The third-order valence-electron chi connectivity index (χ3n) is 5.42. The molecular formula is C24H33N5O3. The van der Waals surface area contributed by atoms with Crippen LogP contribution in [0.5, 0.6) is 11.5 Å². The summed E-state index contributed by atoms with van der Waals surface area (Å²) < 4.78 is 11.0. The molecule has 0 aromatic heterocycles. The Morgan fingerprint density at radius 2 is 1.78 bits per heavy atom. The number of ether oxygens (including phenoxy) is 2. The number of piperazine rings is 1. The number of rotatable bonds is 7. The van der Waals surface area contributed by atoms with E-state index in [2.05, 4.69) is 32.2 Å². The van der Waals surface area contributed by atoms with Crippen molar-refractivity contribution < 1.29 is 14.3 Å². The normalized spacial score (nSPS) is 14.2. The van der Waals surface area contributed by atoms with Crippen LogP contribution in [0.15, 0.2) is 53.5 Å². The zero-order valence-corrected chi connectivity index (χ0v) is 19.4. The molecule has 2 aromatic rings. The first kappa shape index (κ1) is 23.2. The predicted octanol–water partition coefficient (Wildman–Crippen LogP) is 2.06. The molecule has 32 heavy (non-hydrogen) atoms. The van der Waals surface area contributed by atoms with Gasteiger partial charge in [0.2, 0.25) is 0 Å². The van der Waals surface area contributed by atoms with E-state index in [9.17, 15) is 4.79 Å². The molecule has 1 saturated heterocycles. The lowest BCUT2D eigenvalue weighted by Crippen LogP contribution is -2.52. The number of anilines is 1. The first-order valence-electron chi connectivity index (χ1n) is 10.8. The van der Waals surface area contributed by atoms with Crippen molar-refractivity contribution in [1.82, 2.24) is 15.1 Å². The summed E-state index contributed by atoms with van der Waals surface area (Å²) in [5.74, 6) is 2.37. The van der Waals surface area contributed by atoms with Crippen LogP contribution in [0.4, 0.5) is 5.69 Å². The van der Waals surface area contributed by atoms with Gasteiger partial charge in [-0.1, -0.05) is 18.2 Å². The van der Waals surface area contributed by atoms with Crippen molar-refractivity contribution in [2.24, 2.45) is 4.99 Å². The number of carbonyl (C=O) groups excluding carboxylic acids is 1. The maximum absolute atomic E-state index is 11.7. The molecule has 1 fully saturated rings. The first-order chi connectivity index (χ1) is 15.5. The molecule has 8 heteroatoms. The molecule has 0 bridgehead atoms. The van der Waals surface area contributed by atoms with E-state index in [1.165, 1.54) is 10.6 Å². The lowest BCUT2D eigenvalue weighted by Gasteiger charge is -2.37. The van der Waals surface area contributed by atoms with Crippen molar-refractivity contribution >= 4 is 17.6 Å². The highest BCUT2D eigenvalue weighted by Gasteiger charge is 2.20. The Morgan fingerprint density at radius 1 is 1.06 bits per heavy atom. The van der Waals surface area contributed by atoms with Gasteiger partial charge in [0.15, 0.2) is 12.6 Å². The molecule has 0 radical (unpaired) electrons. The van der Waals surface area contributed by atoms with Gasteiger partial charge in [-0.3, -0.25) is 9.79 Å². The maximum Gasteiger partial charge on any atom is 0.259 e. The third-order valence-corrected chi connectivity index (χ3v) is 5.42. The quantitative estimate of drug-likeness (QED) is 0.526. The number of nitrogens with zero attached hydrogens (tertiary/aromatic N) is 4. The van der Waals surface area contributed by atoms with E-state index in [1.54, 1.807) is 21.2 Å². The van der Waals surface area contributed by atoms with E-state index >= 15 is 0 Å². The van der Waals surface area contributed by atoms with Crippen LogP contribution in [0.2, 0.25) is 0 Å². The summed E-state index contributed by atoms with van der Waals surface area (Å²) >= 11 is 0. The number of amides is 1. The summed E-state index contributed by atoms with van der Waals surface area (Å²) in [6, 6.07) is 15.9. The summed E-state index contributed by atoms with van der Waals surface area (Å²) in [6.07, 6.45) is 0. The number of methoxy groups -OCH3 is 1. The van der Waals surface area contributed by atoms with Gasteiger partial charge >= 0.3 is 0 Å². The summed E-state index contributed by atoms with van der Waals surface area (Å²) in [5, 5.41) is 3.45. The number of hydrogen-bond acceptors (Lipinski definition) is 5. The van der Waals surface area contributed by atoms with Gasteiger partial charge in [-0.25, -0.2) is 0 Å². The van der Waals surface area contributed by atoms with Crippen LogP contribution in [-0.2, 0) is 11.3 Å². The number of guanidine groups is 1. The van der Waals surface area contributed by atoms with E-state index in [0.717, 1.165) is 43.5 Å². The molecule has 0 spiro atoms. The van der Waals surface area contributed by atoms with Crippen LogP contribution < -0.4 is 19.7 Å². The number of benzene rings is 2. The second-order valence-corrected chi connectivity index (χ2v) is 7.80. The molecule has 1 heterocycles. The molecular weight excluding hydrogens is 406 g/mol. The number of nitrogens with one attached hydrogen (secondary N) is 1. The van der Waals surface area contributed by atoms with Gasteiger partial charge in [0, 0.05) is 65.6 Å². The molecule has 8 nitrogen and oxygen atoms in total. The second-order valence-electron chi connectivity index (χ2n) is 7.80. The molecule has 172 valence electrons. The molecule has 3 rings (SSSR count). The molecule has 1 amide bonds. The zero-order chi connectivity index (χ0) is 22.9. The summed E-state index contributed by atoms with van der Waals surface area (Å²) in [6.45, 7) is 4.25. The standard InChI is InChI=1S/C24H33N5O3/c1-25-24(26-17-19-7-5-10-22(15-19)32-18-23(30)27(2)3)29-13-11-28(12-14-29)20-8-6-9-21(16-20)31-4/h5-10,15-16H,11-14,17-18H2,1-4H3,(H,25,26). The summed E-state index contributed by atoms with van der Waals surface area (Å²) in [4.78, 5) is 22.3. The Labute approximate surface area is 190 Å². The van der Waals surface area contributed by atoms with E-state index in [-0.39, 0.29) is 12.5 Å². The minimum Gasteiger partial charge on any atom is -0.497 e. The monoisotopic (exact) mass is 439 g/mol. The summed E-state index contributed by atoms with van der Waals surface area (Å²) in [5.41, 5.74) is 2.24. The van der Waals surface area contributed by atoms with Crippen molar-refractivity contribution in [3.63, 3.8) is 0 Å². The van der Waals surface area contributed by atoms with Gasteiger partial charge in [0.05, 0.1) is 7.11 Å². The average Bonchev–Trinajstić information content (AvgIpc) is 2.83. The highest BCUT2D eigenvalue weighted by Crippen LogP contribution is 2.22. The summed E-state index contributed by atoms with van der Waals surface area (Å²) in [7, 11) is 6.93. The highest BCUT2D eigenvalue weighted by molar-refractivity contribution is 5.80. The molecule has 1 N–H and O–H groups in total. The lowest BCUT2D eigenvalue weighted by atomic mass is 10.2. The van der Waals surface area contributed by atoms with Crippen molar-refractivity contribution in [1.29, 1.82) is 0 Å². The maximum atomic E-state index is 11.7. The lowest BCUT2D eigenvalue weighted by molar-refractivity contribution is -0.130. The van der Waals surface area contributed by atoms with Crippen LogP contribution in [0, 0.1) is 0 Å². The van der Waals surface area contributed by atoms with Crippen LogP contribution in [0.1, 0.15) is 5.56 Å². The molecule has 0 unspecified atom stereocenters. The third kappa shape index (κ3) is 6.29. The fourth-order valence-electron chi connectivity index (χ4n) is 3.52. The molecule has 1 aliphatic rings. The van der Waals surface area contributed by atoms with Crippen LogP contribution in [-0.4, -0.2) is 82.7 Å². The number of aliphatic imine (C=N–C) groups is 1. The van der Waals surface area contributed by atoms with Crippen LogP contribution in [0.25, 0.3) is 0 Å². The van der Waals surface area contributed by atoms with E-state index in [1.807, 2.05) is 43.4 Å². The fraction of sp³-hybridized carbons (Fsp3) is 0.417. The molecule has 2 aromatic carbocycles. The zero-order valence-electron chi connectivity index (χ0n) is 19.4. The van der Waals surface area contributed by atoms with Crippen molar-refractivity contribution in [3.05, 3.63) is 54.1 Å². The van der Waals surface area contributed by atoms with Gasteiger partial charge < -0.3 is 29.5 Å². The first-order valence-corrected chi connectivity index (χ1v) is 10.8. The van der Waals surface area contributed by atoms with Crippen molar-refractivity contribution in [2.75, 3.05) is 65.9 Å². The minimum absolute atomic E-state index is 0.0309. The van der Waals surface area contributed by atoms with Gasteiger partial charge in [-0.05, 0) is 29.8 Å². The highest BCUT2D eigenvalue weighted by atomic mass is 16.5. The van der Waals surface area contributed by atoms with Gasteiger partial charge in [0.1, 0.15) is 11.5 Å². The Bertz CT molecular complexity index is 923. The van der Waals surface area contributed by atoms with E-state index in [4.69, 9.17) is 9.47 Å². The molecule has 0 atom stereocenters. The van der Waals surface area contributed by atoms with Crippen LogP contribution >= 0.6 is 0 Å². The van der Waals surface area contributed by atoms with Crippen molar-refractivity contribution in [3.8, 4) is 11.5 Å². The van der Waals surface area contributed by atoms with Gasteiger partial charge in [0.25, 0.3) is 5.91 Å². The Hall–Kier alpha value is -3.42. The van der Waals surface area contributed by atoms with Crippen LogP contribution in [0.3, 0.4) is 0 Å². The SMILES string of the molecule is CN=C(NCc1cccc(OCC(=O)N(C)C)c1)N1CCN(c2cccc(OC)c2)CC1.